The van der Waals surface area contributed by atoms with Crippen molar-refractivity contribution in [2.24, 2.45) is 7.05 Å². The summed E-state index contributed by atoms with van der Waals surface area (Å²) in [5.41, 5.74) is 3.18. The van der Waals surface area contributed by atoms with Crippen LogP contribution in [-0.2, 0) is 7.05 Å². The molecule has 0 saturated heterocycles. The smallest absolute Gasteiger partial charge is 0.273 e. The normalized spacial score (nSPS) is 10.4. The molecular formula is C13H14BrN3O. The van der Waals surface area contributed by atoms with E-state index in [0.29, 0.717) is 5.69 Å². The number of halogens is 1. The number of nitrogens with zero attached hydrogens (tertiary/aromatic N) is 2. The second-order valence-electron chi connectivity index (χ2n) is 4.16. The summed E-state index contributed by atoms with van der Waals surface area (Å²) >= 11 is 3.44. The molecule has 4 nitrogen and oxygen atoms in total. The molecule has 0 aliphatic heterocycles. The Labute approximate surface area is 114 Å². The number of rotatable bonds is 2. The van der Waals surface area contributed by atoms with Crippen molar-refractivity contribution < 1.29 is 4.79 Å². The van der Waals surface area contributed by atoms with Gasteiger partial charge in [-0.15, -0.1) is 0 Å². The molecule has 0 unspecified atom stereocenters. The topological polar surface area (TPSA) is 46.9 Å². The third kappa shape index (κ3) is 2.46. The van der Waals surface area contributed by atoms with Gasteiger partial charge in [-0.05, 0) is 37.6 Å². The zero-order valence-electron chi connectivity index (χ0n) is 10.5. The first kappa shape index (κ1) is 12.8. The molecule has 1 aromatic carbocycles. The van der Waals surface area contributed by atoms with E-state index in [9.17, 15) is 4.79 Å². The van der Waals surface area contributed by atoms with Crippen molar-refractivity contribution in [1.29, 1.82) is 0 Å². The highest BCUT2D eigenvalue weighted by Crippen LogP contribution is 2.23. The lowest BCUT2D eigenvalue weighted by atomic mass is 10.2. The molecule has 0 radical (unpaired) electrons. The van der Waals surface area contributed by atoms with Crippen LogP contribution < -0.4 is 5.32 Å². The lowest BCUT2D eigenvalue weighted by Crippen LogP contribution is -2.16. The maximum Gasteiger partial charge on any atom is 0.273 e. The molecule has 0 aliphatic carbocycles. The Morgan fingerprint density at radius 3 is 2.72 bits per heavy atom. The summed E-state index contributed by atoms with van der Waals surface area (Å²) in [5.74, 6) is -0.153. The number of carbonyl (C=O) groups excluding carboxylic acids is 1. The number of anilines is 1. The monoisotopic (exact) mass is 307 g/mol. The fraction of sp³-hybridized carbons (Fsp3) is 0.231. The Morgan fingerprint density at radius 2 is 2.11 bits per heavy atom. The maximum atomic E-state index is 12.1. The van der Waals surface area contributed by atoms with Crippen LogP contribution in [0.25, 0.3) is 0 Å². The van der Waals surface area contributed by atoms with Crippen LogP contribution in [0.1, 0.15) is 21.7 Å². The van der Waals surface area contributed by atoms with Crippen LogP contribution in [0, 0.1) is 13.8 Å². The van der Waals surface area contributed by atoms with Crippen molar-refractivity contribution in [3.05, 3.63) is 45.7 Å². The van der Waals surface area contributed by atoms with Gasteiger partial charge in [-0.3, -0.25) is 9.48 Å². The van der Waals surface area contributed by atoms with E-state index in [0.717, 1.165) is 21.4 Å². The van der Waals surface area contributed by atoms with Gasteiger partial charge in [-0.25, -0.2) is 0 Å². The van der Waals surface area contributed by atoms with Crippen molar-refractivity contribution in [3.8, 4) is 0 Å². The minimum absolute atomic E-state index is 0.153. The zero-order valence-corrected chi connectivity index (χ0v) is 12.1. The van der Waals surface area contributed by atoms with E-state index < -0.39 is 0 Å². The SMILES string of the molecule is Cc1cc(C(=O)Nc2cccc(Br)c2C)n(C)n1. The summed E-state index contributed by atoms with van der Waals surface area (Å²) in [6.45, 7) is 3.81. The second-order valence-corrected chi connectivity index (χ2v) is 5.02. The van der Waals surface area contributed by atoms with Gasteiger partial charge in [-0.2, -0.15) is 5.10 Å². The Morgan fingerprint density at radius 1 is 1.39 bits per heavy atom. The van der Waals surface area contributed by atoms with Gasteiger partial charge in [0.25, 0.3) is 5.91 Å². The molecule has 0 spiro atoms. The van der Waals surface area contributed by atoms with Gasteiger partial charge in [-0.1, -0.05) is 22.0 Å². The lowest BCUT2D eigenvalue weighted by molar-refractivity contribution is 0.101. The third-order valence-electron chi connectivity index (χ3n) is 2.75. The molecule has 5 heteroatoms. The first-order valence-corrected chi connectivity index (χ1v) is 6.35. The molecule has 2 rings (SSSR count). The molecule has 0 saturated carbocycles. The van der Waals surface area contributed by atoms with E-state index in [1.807, 2.05) is 32.0 Å². The van der Waals surface area contributed by atoms with Crippen molar-refractivity contribution in [2.75, 3.05) is 5.32 Å². The van der Waals surface area contributed by atoms with Crippen molar-refractivity contribution >= 4 is 27.5 Å². The average Bonchev–Trinajstić information content (AvgIpc) is 2.64. The van der Waals surface area contributed by atoms with Gasteiger partial charge in [0.05, 0.1) is 5.69 Å². The van der Waals surface area contributed by atoms with Crippen LogP contribution in [0.4, 0.5) is 5.69 Å². The van der Waals surface area contributed by atoms with Crippen LogP contribution in [0.5, 0.6) is 0 Å². The summed E-state index contributed by atoms with van der Waals surface area (Å²) in [4.78, 5) is 12.1. The van der Waals surface area contributed by atoms with Gasteiger partial charge in [0, 0.05) is 17.2 Å². The number of aryl methyl sites for hydroxylation is 2. The molecule has 1 amide bonds. The first-order valence-electron chi connectivity index (χ1n) is 5.56. The Kier molecular flexibility index (Phi) is 3.52. The summed E-state index contributed by atoms with van der Waals surface area (Å²) in [6, 6.07) is 7.48. The van der Waals surface area contributed by atoms with E-state index in [1.54, 1.807) is 17.8 Å². The van der Waals surface area contributed by atoms with E-state index in [1.165, 1.54) is 0 Å². The second kappa shape index (κ2) is 4.94. The van der Waals surface area contributed by atoms with Gasteiger partial charge >= 0.3 is 0 Å². The number of aromatic nitrogens is 2. The number of nitrogens with one attached hydrogen (secondary N) is 1. The predicted octanol–water partition coefficient (Wildman–Crippen LogP) is 3.05. The summed E-state index contributed by atoms with van der Waals surface area (Å²) in [7, 11) is 1.76. The Balaban J connectivity index is 2.27. The van der Waals surface area contributed by atoms with E-state index in [4.69, 9.17) is 0 Å². The van der Waals surface area contributed by atoms with Gasteiger partial charge in [0.2, 0.25) is 0 Å². The standard InChI is InChI=1S/C13H14BrN3O/c1-8-7-12(17(3)16-8)13(18)15-11-6-4-5-10(14)9(11)2/h4-7H,1-3H3,(H,15,18). The first-order chi connectivity index (χ1) is 8.49. The largest absolute Gasteiger partial charge is 0.320 e. The van der Waals surface area contributed by atoms with Crippen molar-refractivity contribution in [3.63, 3.8) is 0 Å². The van der Waals surface area contributed by atoms with E-state index in [-0.39, 0.29) is 5.91 Å². The molecule has 0 aliphatic rings. The molecule has 1 N–H and O–H groups in total. The van der Waals surface area contributed by atoms with E-state index in [2.05, 4.69) is 26.3 Å². The minimum Gasteiger partial charge on any atom is -0.320 e. The molecule has 2 aromatic rings. The summed E-state index contributed by atoms with van der Waals surface area (Å²) in [5, 5.41) is 7.05. The number of carbonyl (C=O) groups is 1. The zero-order chi connectivity index (χ0) is 13.3. The highest BCUT2D eigenvalue weighted by atomic mass is 79.9. The molecule has 0 bridgehead atoms. The van der Waals surface area contributed by atoms with Crippen molar-refractivity contribution in [2.45, 2.75) is 13.8 Å². The molecule has 0 atom stereocenters. The number of hydrogen-bond donors (Lipinski definition) is 1. The van der Waals surface area contributed by atoms with Crippen molar-refractivity contribution in [1.82, 2.24) is 9.78 Å². The quantitative estimate of drug-likeness (QED) is 0.927. The summed E-state index contributed by atoms with van der Waals surface area (Å²) in [6.07, 6.45) is 0. The fourth-order valence-corrected chi connectivity index (χ4v) is 2.12. The van der Waals surface area contributed by atoms with Gasteiger partial charge < -0.3 is 5.32 Å². The van der Waals surface area contributed by atoms with Crippen LogP contribution in [-0.4, -0.2) is 15.7 Å². The molecule has 94 valence electrons. The predicted molar refractivity (Wildman–Crippen MR) is 74.8 cm³/mol. The fourth-order valence-electron chi connectivity index (χ4n) is 1.75. The number of hydrogen-bond acceptors (Lipinski definition) is 2. The number of amides is 1. The highest BCUT2D eigenvalue weighted by molar-refractivity contribution is 9.10. The molecular weight excluding hydrogens is 294 g/mol. The Hall–Kier alpha value is -1.62. The highest BCUT2D eigenvalue weighted by Gasteiger charge is 2.13. The van der Waals surface area contributed by atoms with E-state index >= 15 is 0 Å². The van der Waals surface area contributed by atoms with Crippen LogP contribution >= 0.6 is 15.9 Å². The maximum absolute atomic E-state index is 12.1. The molecule has 18 heavy (non-hydrogen) atoms. The lowest BCUT2D eigenvalue weighted by Gasteiger charge is -2.09. The van der Waals surface area contributed by atoms with Crippen LogP contribution in [0.3, 0.4) is 0 Å². The molecule has 0 fully saturated rings. The summed E-state index contributed by atoms with van der Waals surface area (Å²) < 4.78 is 2.55. The minimum atomic E-state index is -0.153. The average molecular weight is 308 g/mol. The Bertz CT molecular complexity index is 604. The molecule has 1 aromatic heterocycles. The molecule has 1 heterocycles. The third-order valence-corrected chi connectivity index (χ3v) is 3.61. The van der Waals surface area contributed by atoms with Gasteiger partial charge in [0.1, 0.15) is 5.69 Å². The number of benzene rings is 1. The van der Waals surface area contributed by atoms with Gasteiger partial charge in [0.15, 0.2) is 0 Å². The van der Waals surface area contributed by atoms with Crippen LogP contribution in [0.15, 0.2) is 28.7 Å². The van der Waals surface area contributed by atoms with Crippen LogP contribution in [0.2, 0.25) is 0 Å².